The molecule has 11 nitrogen and oxygen atoms in total. The minimum Gasteiger partial charge on any atom is -0.368 e. The number of carbonyl (C=O) groups excluding carboxylic acids is 1. The Morgan fingerprint density at radius 2 is 1.85 bits per heavy atom. The number of nitrogens with zero attached hydrogens (tertiary/aromatic N) is 7. The van der Waals surface area contributed by atoms with Crippen LogP contribution in [0.5, 0.6) is 0 Å². The zero-order chi connectivity index (χ0) is 24.1. The Morgan fingerprint density at radius 1 is 1.12 bits per heavy atom. The van der Waals surface area contributed by atoms with Gasteiger partial charge in [-0.15, -0.1) is 0 Å². The van der Waals surface area contributed by atoms with E-state index in [0.717, 1.165) is 11.0 Å². The number of aryl methyl sites for hydroxylation is 1. The highest BCUT2D eigenvalue weighted by atomic mass is 19.3. The van der Waals surface area contributed by atoms with Crippen molar-refractivity contribution >= 4 is 17.5 Å². The van der Waals surface area contributed by atoms with Crippen LogP contribution in [0.25, 0.3) is 22.8 Å². The number of alkyl halides is 2. The molecule has 1 amide bonds. The highest BCUT2D eigenvalue weighted by molar-refractivity contribution is 5.89. The summed E-state index contributed by atoms with van der Waals surface area (Å²) in [5.74, 6) is -5.24. The Bertz CT molecular complexity index is 1390. The molecule has 0 radical (unpaired) electrons. The molecule has 1 saturated heterocycles. The van der Waals surface area contributed by atoms with Gasteiger partial charge in [0.1, 0.15) is 5.69 Å². The second kappa shape index (κ2) is 7.66. The molecule has 1 fully saturated rings. The Hall–Kier alpha value is -4.26. The van der Waals surface area contributed by atoms with Gasteiger partial charge in [0, 0.05) is 32.6 Å². The number of amides is 1. The van der Waals surface area contributed by atoms with Crippen molar-refractivity contribution in [3.63, 3.8) is 0 Å². The van der Waals surface area contributed by atoms with E-state index in [-0.39, 0.29) is 11.4 Å². The van der Waals surface area contributed by atoms with Gasteiger partial charge < -0.3 is 19.8 Å². The quantitative estimate of drug-likeness (QED) is 0.451. The highest BCUT2D eigenvalue weighted by Gasteiger charge is 2.68. The Morgan fingerprint density at radius 3 is 2.53 bits per heavy atom. The van der Waals surface area contributed by atoms with E-state index in [1.165, 1.54) is 7.05 Å². The molecule has 5 heterocycles. The number of carbonyl (C=O) groups is 1. The van der Waals surface area contributed by atoms with E-state index in [9.17, 15) is 18.7 Å². The minimum absolute atomic E-state index is 0.0752. The van der Waals surface area contributed by atoms with Gasteiger partial charge in [-0.1, -0.05) is 11.2 Å². The summed E-state index contributed by atoms with van der Waals surface area (Å²) in [4.78, 5) is 26.1. The molecule has 2 N–H and O–H groups in total. The first-order chi connectivity index (χ1) is 16.2. The molecular weight excluding hydrogens is 450 g/mol. The summed E-state index contributed by atoms with van der Waals surface area (Å²) < 4.78 is 35.5. The number of aliphatic hydroxyl groups is 1. The van der Waals surface area contributed by atoms with Crippen LogP contribution in [0.4, 0.5) is 20.4 Å². The molecule has 1 atom stereocenters. The summed E-state index contributed by atoms with van der Waals surface area (Å²) in [5.41, 5.74) is -1.13. The standard InChI is InChI=1S/C21H18F2N8O3/c1-30-11-20(22,23)21(33,18(30)32)17-8-16(29-34-17)14-5-3-4-13(27-14)15-6-7-24-19(28-15)26-12-9-25-31(2)10-12/h3-10,33H,11H2,1-2H3,(H,24,26,28). The summed E-state index contributed by atoms with van der Waals surface area (Å²) in [6.45, 7) is -0.935. The largest absolute Gasteiger partial charge is 0.368 e. The number of rotatable bonds is 5. The maximum atomic E-state index is 14.4. The van der Waals surface area contributed by atoms with E-state index in [1.54, 1.807) is 54.6 Å². The van der Waals surface area contributed by atoms with Crippen molar-refractivity contribution in [2.24, 2.45) is 7.05 Å². The van der Waals surface area contributed by atoms with Gasteiger partial charge in [0.25, 0.3) is 11.5 Å². The highest BCUT2D eigenvalue weighted by Crippen LogP contribution is 2.45. The van der Waals surface area contributed by atoms with Gasteiger partial charge in [-0.2, -0.15) is 5.10 Å². The maximum absolute atomic E-state index is 14.4. The Kier molecular flexibility index (Phi) is 4.86. The van der Waals surface area contributed by atoms with E-state index in [2.05, 4.69) is 30.5 Å². The number of hydrogen-bond donors (Lipinski definition) is 2. The molecule has 4 aromatic heterocycles. The van der Waals surface area contributed by atoms with Gasteiger partial charge in [-0.05, 0) is 18.2 Å². The van der Waals surface area contributed by atoms with Crippen LogP contribution in [0.1, 0.15) is 5.76 Å². The number of hydrogen-bond acceptors (Lipinski definition) is 9. The summed E-state index contributed by atoms with van der Waals surface area (Å²) in [6, 6.07) is 7.72. The van der Waals surface area contributed by atoms with Crippen molar-refractivity contribution in [3.8, 4) is 22.8 Å². The lowest BCUT2D eigenvalue weighted by Crippen LogP contribution is -2.46. The van der Waals surface area contributed by atoms with Gasteiger partial charge in [0.2, 0.25) is 5.95 Å². The molecule has 4 aromatic rings. The summed E-state index contributed by atoms with van der Waals surface area (Å²) in [6.07, 6.45) is 4.95. The van der Waals surface area contributed by atoms with E-state index >= 15 is 0 Å². The van der Waals surface area contributed by atoms with Gasteiger partial charge in [0.05, 0.1) is 35.5 Å². The van der Waals surface area contributed by atoms with Crippen LogP contribution in [-0.4, -0.2) is 65.3 Å². The number of anilines is 2. The number of nitrogens with one attached hydrogen (secondary N) is 1. The van der Waals surface area contributed by atoms with E-state index < -0.39 is 29.7 Å². The van der Waals surface area contributed by atoms with Crippen LogP contribution in [-0.2, 0) is 17.4 Å². The van der Waals surface area contributed by atoms with E-state index in [4.69, 9.17) is 4.52 Å². The summed E-state index contributed by atoms with van der Waals surface area (Å²) >= 11 is 0. The second-order valence-corrected chi connectivity index (χ2v) is 7.85. The van der Waals surface area contributed by atoms with Crippen LogP contribution in [0.15, 0.2) is 53.4 Å². The first-order valence-corrected chi connectivity index (χ1v) is 10.1. The van der Waals surface area contributed by atoms with Crippen molar-refractivity contribution in [1.29, 1.82) is 0 Å². The van der Waals surface area contributed by atoms with Crippen LogP contribution in [0, 0.1) is 0 Å². The predicted molar refractivity (Wildman–Crippen MR) is 114 cm³/mol. The normalized spacial score (nSPS) is 19.6. The third-order valence-electron chi connectivity index (χ3n) is 5.38. The summed E-state index contributed by atoms with van der Waals surface area (Å²) in [5, 5.41) is 21.4. The van der Waals surface area contributed by atoms with E-state index in [1.807, 2.05) is 0 Å². The molecule has 1 unspecified atom stereocenters. The minimum atomic E-state index is -3.75. The molecular formula is C21H18F2N8O3. The number of aromatic nitrogens is 6. The van der Waals surface area contributed by atoms with Crippen LogP contribution in [0.2, 0.25) is 0 Å². The van der Waals surface area contributed by atoms with Crippen LogP contribution >= 0.6 is 0 Å². The van der Waals surface area contributed by atoms with Gasteiger partial charge >= 0.3 is 5.92 Å². The lowest BCUT2D eigenvalue weighted by Gasteiger charge is -2.22. The number of likely N-dealkylation sites (tertiary alicyclic amines) is 1. The van der Waals surface area contributed by atoms with Crippen LogP contribution < -0.4 is 5.32 Å². The molecule has 13 heteroatoms. The average Bonchev–Trinajstić information content (AvgIpc) is 3.50. The lowest BCUT2D eigenvalue weighted by atomic mass is 9.95. The topological polar surface area (TPSA) is 135 Å². The molecule has 1 aliphatic rings. The molecule has 0 aromatic carbocycles. The lowest BCUT2D eigenvalue weighted by molar-refractivity contribution is -0.179. The maximum Gasteiger partial charge on any atom is 0.309 e. The van der Waals surface area contributed by atoms with Crippen molar-refractivity contribution in [2.75, 3.05) is 18.9 Å². The SMILES string of the molecule is CN1CC(F)(F)C(O)(c2cc(-c3cccc(-c4ccnc(Nc5cnn(C)c5)n4)n3)no2)C1=O. The fraction of sp³-hybridized carbons (Fsp3) is 0.238. The van der Waals surface area contributed by atoms with Crippen molar-refractivity contribution in [3.05, 3.63) is 54.7 Å². The molecule has 1 aliphatic heterocycles. The summed E-state index contributed by atoms with van der Waals surface area (Å²) in [7, 11) is 2.96. The van der Waals surface area contributed by atoms with Crippen molar-refractivity contribution < 1.29 is 23.2 Å². The molecule has 0 aliphatic carbocycles. The monoisotopic (exact) mass is 468 g/mol. The third kappa shape index (κ3) is 3.46. The molecule has 34 heavy (non-hydrogen) atoms. The molecule has 0 saturated carbocycles. The number of pyridine rings is 1. The van der Waals surface area contributed by atoms with Gasteiger partial charge in [-0.25, -0.2) is 23.7 Å². The fourth-order valence-corrected chi connectivity index (χ4v) is 3.67. The first kappa shape index (κ1) is 21.6. The average molecular weight is 468 g/mol. The zero-order valence-corrected chi connectivity index (χ0v) is 18.0. The molecule has 174 valence electrons. The fourth-order valence-electron chi connectivity index (χ4n) is 3.67. The van der Waals surface area contributed by atoms with Crippen LogP contribution in [0.3, 0.4) is 0 Å². The van der Waals surface area contributed by atoms with Gasteiger partial charge in [0.15, 0.2) is 5.76 Å². The Labute approximate surface area is 191 Å². The molecule has 5 rings (SSSR count). The molecule has 0 bridgehead atoms. The smallest absolute Gasteiger partial charge is 0.309 e. The molecule has 0 spiro atoms. The predicted octanol–water partition coefficient (Wildman–Crippen LogP) is 1.97. The number of halogens is 2. The third-order valence-corrected chi connectivity index (χ3v) is 5.38. The second-order valence-electron chi connectivity index (χ2n) is 7.85. The Balaban J connectivity index is 1.44. The van der Waals surface area contributed by atoms with Crippen molar-refractivity contribution in [2.45, 2.75) is 11.5 Å². The number of likely N-dealkylation sites (N-methyl/N-ethyl adjacent to an activating group) is 1. The van der Waals surface area contributed by atoms with E-state index in [0.29, 0.717) is 23.0 Å². The van der Waals surface area contributed by atoms with Crippen molar-refractivity contribution in [1.82, 2.24) is 34.8 Å². The van der Waals surface area contributed by atoms with Gasteiger partial charge in [-0.3, -0.25) is 9.48 Å². The zero-order valence-electron chi connectivity index (χ0n) is 18.0. The first-order valence-electron chi connectivity index (χ1n) is 10.1.